The monoisotopic (exact) mass is 620 g/mol. The zero-order chi connectivity index (χ0) is 31.7. The van der Waals surface area contributed by atoms with Crippen LogP contribution in [0.25, 0.3) is 0 Å². The molecule has 2 heterocycles. The molecule has 0 spiro atoms. The van der Waals surface area contributed by atoms with Crippen LogP contribution in [0.5, 0.6) is 0 Å². The Hall–Kier alpha value is -1.37. The van der Waals surface area contributed by atoms with Crippen molar-refractivity contribution in [2.75, 3.05) is 13.2 Å². The van der Waals surface area contributed by atoms with Gasteiger partial charge in [0.2, 0.25) is 0 Å². The van der Waals surface area contributed by atoms with E-state index in [1.165, 1.54) is 5.57 Å². The van der Waals surface area contributed by atoms with E-state index in [9.17, 15) is 35.4 Å². The summed E-state index contributed by atoms with van der Waals surface area (Å²) in [6.45, 7) is 7.97. The minimum absolute atomic E-state index is 0.109. The van der Waals surface area contributed by atoms with Crippen molar-refractivity contribution in [2.24, 2.45) is 40.4 Å². The normalized spacial score (nSPS) is 49.9. The van der Waals surface area contributed by atoms with Gasteiger partial charge in [0.05, 0.1) is 25.4 Å². The van der Waals surface area contributed by atoms with E-state index in [0.717, 1.165) is 37.7 Å². The van der Waals surface area contributed by atoms with Gasteiger partial charge in [-0.05, 0) is 86.0 Å². The zero-order valence-corrected chi connectivity index (χ0v) is 26.5. The van der Waals surface area contributed by atoms with Crippen LogP contribution in [-0.2, 0) is 19.0 Å². The van der Waals surface area contributed by atoms with Crippen molar-refractivity contribution in [1.82, 2.24) is 0 Å². The van der Waals surface area contributed by atoms with Crippen molar-refractivity contribution in [1.29, 1.82) is 0 Å². The van der Waals surface area contributed by atoms with Crippen LogP contribution in [-0.4, -0.2) is 98.8 Å². The number of rotatable bonds is 6. The van der Waals surface area contributed by atoms with Gasteiger partial charge < -0.3 is 44.8 Å². The Kier molecular flexibility index (Phi) is 8.89. The summed E-state index contributed by atoms with van der Waals surface area (Å²) < 4.78 is 17.6. The molecule has 6 aliphatic rings. The van der Waals surface area contributed by atoms with Crippen LogP contribution >= 0.6 is 0 Å². The standard InChI is InChI=1S/C34H52O10/c1-16-18(14-35)11-25(43-31(16)41)17(2)22-7-8-23-21-6-5-19-12-20(42-32-30(40)29(39)28(38)26(15-36)44-32)13-27(37)34(19,4)24(21)9-10-33(22,23)3/h5,17,20-30,32,35-40H,6-15H2,1-4H3/t17-,20-,21-,22+,23+,24-,25-,26+,27-,28-,29-,30-,32+,33-,34+/m1/s1. The maximum atomic E-state index is 12.6. The van der Waals surface area contributed by atoms with Crippen LogP contribution in [0.15, 0.2) is 22.8 Å². The molecule has 15 atom stereocenters. The molecule has 6 N–H and O–H groups in total. The van der Waals surface area contributed by atoms with Crippen molar-refractivity contribution in [2.45, 2.75) is 128 Å². The second-order valence-corrected chi connectivity index (χ2v) is 15.2. The fourth-order valence-corrected chi connectivity index (χ4v) is 10.6. The lowest BCUT2D eigenvalue weighted by Gasteiger charge is -2.60. The molecular formula is C34H52O10. The van der Waals surface area contributed by atoms with Gasteiger partial charge in [-0.2, -0.15) is 0 Å². The first kappa shape index (κ1) is 32.6. The number of hydrogen-bond donors (Lipinski definition) is 6. The second kappa shape index (κ2) is 12.0. The number of aliphatic hydroxyl groups excluding tert-OH is 6. The first-order valence-electron chi connectivity index (χ1n) is 16.7. The number of esters is 1. The molecule has 1 saturated heterocycles. The van der Waals surface area contributed by atoms with Gasteiger partial charge in [-0.3, -0.25) is 0 Å². The molecule has 0 unspecified atom stereocenters. The van der Waals surface area contributed by atoms with Gasteiger partial charge in [0.15, 0.2) is 6.29 Å². The van der Waals surface area contributed by atoms with Crippen molar-refractivity contribution in [3.63, 3.8) is 0 Å². The van der Waals surface area contributed by atoms with Gasteiger partial charge in [0, 0.05) is 23.8 Å². The molecule has 10 nitrogen and oxygen atoms in total. The van der Waals surface area contributed by atoms with Crippen LogP contribution in [0.3, 0.4) is 0 Å². The highest BCUT2D eigenvalue weighted by Gasteiger charge is 2.62. The minimum Gasteiger partial charge on any atom is -0.458 e. The smallest absolute Gasteiger partial charge is 0.334 e. The SMILES string of the molecule is CC1=C(CO)C[C@H]([C@H](C)[C@@H]2CC[C@H]3[C@H]4CC=C5C[C@@H](O[C@H]6O[C@@H](CO)[C@@H](O)[C@@H](O)[C@H]6O)C[C@@H](O)[C@]5(C)[C@@H]4CC[C@]23C)OC1=O. The fourth-order valence-electron chi connectivity index (χ4n) is 10.6. The molecule has 0 aromatic heterocycles. The maximum absolute atomic E-state index is 12.6. The molecule has 0 bridgehead atoms. The molecule has 4 fully saturated rings. The molecule has 4 aliphatic carbocycles. The molecule has 0 aromatic rings. The summed E-state index contributed by atoms with van der Waals surface area (Å²) in [5.74, 6) is 1.57. The summed E-state index contributed by atoms with van der Waals surface area (Å²) in [4.78, 5) is 12.6. The van der Waals surface area contributed by atoms with Crippen molar-refractivity contribution in [3.05, 3.63) is 22.8 Å². The Balaban J connectivity index is 1.17. The van der Waals surface area contributed by atoms with E-state index in [2.05, 4.69) is 26.8 Å². The number of carbonyl (C=O) groups excluding carboxylic acids is 1. The van der Waals surface area contributed by atoms with Gasteiger partial charge in [0.25, 0.3) is 0 Å². The largest absolute Gasteiger partial charge is 0.458 e. The van der Waals surface area contributed by atoms with E-state index in [1.807, 2.05) is 0 Å². The molecule has 0 radical (unpaired) electrons. The van der Waals surface area contributed by atoms with E-state index in [4.69, 9.17) is 14.2 Å². The number of fused-ring (bicyclic) bond motifs is 5. The van der Waals surface area contributed by atoms with Crippen molar-refractivity contribution in [3.8, 4) is 0 Å². The minimum atomic E-state index is -1.50. The lowest BCUT2D eigenvalue weighted by molar-refractivity contribution is -0.315. The number of hydrogen-bond acceptors (Lipinski definition) is 10. The fraction of sp³-hybridized carbons (Fsp3) is 0.853. The van der Waals surface area contributed by atoms with E-state index < -0.39 is 49.5 Å². The summed E-state index contributed by atoms with van der Waals surface area (Å²) in [5, 5.41) is 62.0. The predicted octanol–water partition coefficient (Wildman–Crippen LogP) is 1.98. The summed E-state index contributed by atoms with van der Waals surface area (Å²) in [6.07, 6.45) is 1.07. The molecule has 2 aliphatic heterocycles. The van der Waals surface area contributed by atoms with Gasteiger partial charge >= 0.3 is 5.97 Å². The number of ether oxygens (including phenoxy) is 3. The first-order chi connectivity index (χ1) is 20.8. The first-order valence-corrected chi connectivity index (χ1v) is 16.7. The molecule has 10 heteroatoms. The number of allylic oxidation sites excluding steroid dienone is 1. The Bertz CT molecular complexity index is 1170. The Morgan fingerprint density at radius 1 is 1.02 bits per heavy atom. The van der Waals surface area contributed by atoms with Crippen LogP contribution in [0.4, 0.5) is 0 Å². The van der Waals surface area contributed by atoms with E-state index in [1.54, 1.807) is 6.92 Å². The van der Waals surface area contributed by atoms with Crippen LogP contribution < -0.4 is 0 Å². The maximum Gasteiger partial charge on any atom is 0.334 e. The van der Waals surface area contributed by atoms with Crippen LogP contribution in [0.1, 0.15) is 79.1 Å². The van der Waals surface area contributed by atoms with Gasteiger partial charge in [-0.15, -0.1) is 0 Å². The molecule has 0 aromatic carbocycles. The average molecular weight is 621 g/mol. The summed E-state index contributed by atoms with van der Waals surface area (Å²) >= 11 is 0. The van der Waals surface area contributed by atoms with E-state index in [-0.39, 0.29) is 35.4 Å². The molecule has 248 valence electrons. The molecular weight excluding hydrogens is 568 g/mol. The van der Waals surface area contributed by atoms with Crippen molar-refractivity contribution >= 4 is 5.97 Å². The third-order valence-corrected chi connectivity index (χ3v) is 13.4. The number of aliphatic hydroxyl groups is 6. The Labute approximate surface area is 260 Å². The highest BCUT2D eigenvalue weighted by molar-refractivity contribution is 5.89. The quantitative estimate of drug-likeness (QED) is 0.191. The predicted molar refractivity (Wildman–Crippen MR) is 159 cm³/mol. The lowest BCUT2D eigenvalue weighted by Crippen LogP contribution is -2.60. The van der Waals surface area contributed by atoms with Crippen LogP contribution in [0.2, 0.25) is 0 Å². The average Bonchev–Trinajstić information content (AvgIpc) is 3.36. The van der Waals surface area contributed by atoms with E-state index in [0.29, 0.717) is 48.5 Å². The third-order valence-electron chi connectivity index (χ3n) is 13.4. The van der Waals surface area contributed by atoms with Gasteiger partial charge in [-0.25, -0.2) is 4.79 Å². The lowest BCUT2D eigenvalue weighted by atomic mass is 9.46. The zero-order valence-electron chi connectivity index (χ0n) is 26.5. The summed E-state index contributed by atoms with van der Waals surface area (Å²) in [5.41, 5.74) is 2.22. The topological polar surface area (TPSA) is 166 Å². The van der Waals surface area contributed by atoms with Gasteiger partial charge in [0.1, 0.15) is 30.5 Å². The second-order valence-electron chi connectivity index (χ2n) is 15.2. The molecule has 6 rings (SSSR count). The highest BCUT2D eigenvalue weighted by Crippen LogP contribution is 2.67. The number of carbonyl (C=O) groups is 1. The summed E-state index contributed by atoms with van der Waals surface area (Å²) in [7, 11) is 0. The number of cyclic esters (lactones) is 1. The van der Waals surface area contributed by atoms with Gasteiger partial charge in [-0.1, -0.05) is 32.4 Å². The molecule has 0 amide bonds. The molecule has 3 saturated carbocycles. The Morgan fingerprint density at radius 2 is 1.77 bits per heavy atom. The molecule has 44 heavy (non-hydrogen) atoms. The Morgan fingerprint density at radius 3 is 2.48 bits per heavy atom. The summed E-state index contributed by atoms with van der Waals surface area (Å²) in [6, 6.07) is 0. The van der Waals surface area contributed by atoms with E-state index >= 15 is 0 Å². The highest BCUT2D eigenvalue weighted by atomic mass is 16.7. The van der Waals surface area contributed by atoms with Crippen molar-refractivity contribution < 1.29 is 49.6 Å². The third kappa shape index (κ3) is 5.03. The van der Waals surface area contributed by atoms with Crippen LogP contribution in [0, 0.1) is 40.4 Å².